The maximum absolute atomic E-state index is 14.4. The van der Waals surface area contributed by atoms with Crippen LogP contribution >= 0.6 is 0 Å². The van der Waals surface area contributed by atoms with Gasteiger partial charge in [-0.3, -0.25) is 9.59 Å². The number of sulfone groups is 1. The Hall–Kier alpha value is -3.25. The highest BCUT2D eigenvalue weighted by Gasteiger charge is 2.49. The Morgan fingerprint density at radius 2 is 1.91 bits per heavy atom. The predicted molar refractivity (Wildman–Crippen MR) is 121 cm³/mol. The molecule has 0 radical (unpaired) electrons. The molecule has 2 aromatic carbocycles. The molecule has 1 aliphatic heterocycles. The molecule has 0 bridgehead atoms. The molecule has 1 aliphatic carbocycles. The molecule has 1 saturated heterocycles. The van der Waals surface area contributed by atoms with E-state index in [2.05, 4.69) is 17.2 Å². The first kappa shape index (κ1) is 23.9. The van der Waals surface area contributed by atoms with Crippen molar-refractivity contribution in [1.82, 2.24) is 10.2 Å². The first-order chi connectivity index (χ1) is 16.0. The van der Waals surface area contributed by atoms with Crippen molar-refractivity contribution in [2.75, 3.05) is 5.75 Å². The van der Waals surface area contributed by atoms with Crippen LogP contribution in [0.1, 0.15) is 47.8 Å². The van der Waals surface area contributed by atoms with E-state index in [1.54, 1.807) is 0 Å². The van der Waals surface area contributed by atoms with Crippen molar-refractivity contribution in [3.05, 3.63) is 64.7 Å². The Labute approximate surface area is 197 Å². The van der Waals surface area contributed by atoms with Gasteiger partial charge in [-0.25, -0.2) is 17.2 Å². The van der Waals surface area contributed by atoms with Crippen molar-refractivity contribution in [3.8, 4) is 11.8 Å². The van der Waals surface area contributed by atoms with Crippen LogP contribution in [-0.2, 0) is 14.6 Å². The molecule has 2 amide bonds. The fourth-order valence-electron chi connectivity index (χ4n) is 4.30. The lowest BCUT2D eigenvalue weighted by Crippen LogP contribution is -2.50. The molecule has 4 rings (SSSR count). The molecular formula is C25H24F2N2O4S. The Balaban J connectivity index is 1.58. The number of carbonyl (C=O) groups excluding carboxylic acids is 2. The zero-order valence-electron chi connectivity index (χ0n) is 18.9. The Bertz CT molecular complexity index is 1350. The van der Waals surface area contributed by atoms with Gasteiger partial charge >= 0.3 is 0 Å². The molecule has 2 aromatic rings. The van der Waals surface area contributed by atoms with Crippen LogP contribution < -0.4 is 5.32 Å². The predicted octanol–water partition coefficient (Wildman–Crippen LogP) is 3.16. The molecule has 6 nitrogen and oxygen atoms in total. The van der Waals surface area contributed by atoms with E-state index in [1.165, 1.54) is 49.9 Å². The topological polar surface area (TPSA) is 83.6 Å². The average molecular weight is 487 g/mol. The third-order valence-corrected chi connectivity index (χ3v) is 8.10. The quantitative estimate of drug-likeness (QED) is 0.636. The summed E-state index contributed by atoms with van der Waals surface area (Å²) in [5.41, 5.74) is 0.304. The van der Waals surface area contributed by atoms with Gasteiger partial charge in [0.05, 0.1) is 22.6 Å². The van der Waals surface area contributed by atoms with Crippen LogP contribution in [0.3, 0.4) is 0 Å². The van der Waals surface area contributed by atoms with E-state index < -0.39 is 51.4 Å². The fraction of sp³-hybridized carbons (Fsp3) is 0.360. The van der Waals surface area contributed by atoms with E-state index in [0.717, 1.165) is 12.1 Å². The summed E-state index contributed by atoms with van der Waals surface area (Å²) < 4.78 is 52.9. The Morgan fingerprint density at radius 1 is 1.18 bits per heavy atom. The summed E-state index contributed by atoms with van der Waals surface area (Å²) >= 11 is 0. The second kappa shape index (κ2) is 8.84. The van der Waals surface area contributed by atoms with E-state index in [9.17, 15) is 26.8 Å². The van der Waals surface area contributed by atoms with E-state index in [1.807, 2.05) is 0 Å². The summed E-state index contributed by atoms with van der Waals surface area (Å²) in [7, 11) is -3.52. The molecule has 0 unspecified atom stereocenters. The molecular weight excluding hydrogens is 462 g/mol. The fourth-order valence-corrected chi connectivity index (χ4v) is 5.22. The van der Waals surface area contributed by atoms with Gasteiger partial charge in [-0.2, -0.15) is 0 Å². The summed E-state index contributed by atoms with van der Waals surface area (Å²) in [6.45, 7) is 4.50. The van der Waals surface area contributed by atoms with Crippen LogP contribution in [0, 0.1) is 36.3 Å². The van der Waals surface area contributed by atoms with Crippen molar-refractivity contribution < 1.29 is 26.8 Å². The molecule has 1 fully saturated rings. The molecule has 9 heteroatoms. The van der Waals surface area contributed by atoms with Gasteiger partial charge in [0.2, 0.25) is 5.91 Å². The first-order valence-electron chi connectivity index (χ1n) is 11.0. The lowest BCUT2D eigenvalue weighted by atomic mass is 9.92. The average Bonchev–Trinajstić information content (AvgIpc) is 3.05. The van der Waals surface area contributed by atoms with Gasteiger partial charge in [0.25, 0.3) is 5.91 Å². The molecule has 34 heavy (non-hydrogen) atoms. The van der Waals surface area contributed by atoms with Crippen LogP contribution in [0.2, 0.25) is 0 Å². The van der Waals surface area contributed by atoms with Crippen molar-refractivity contribution in [2.45, 2.75) is 50.2 Å². The number of hydrogen-bond donors (Lipinski definition) is 1. The van der Waals surface area contributed by atoms with Crippen LogP contribution in [0.15, 0.2) is 41.3 Å². The van der Waals surface area contributed by atoms with Crippen molar-refractivity contribution in [1.29, 1.82) is 0 Å². The van der Waals surface area contributed by atoms with Crippen molar-refractivity contribution in [2.24, 2.45) is 5.92 Å². The monoisotopic (exact) mass is 486 g/mol. The highest BCUT2D eigenvalue weighted by atomic mass is 32.2. The van der Waals surface area contributed by atoms with E-state index >= 15 is 0 Å². The number of amides is 2. The number of carbonyl (C=O) groups is 2. The molecule has 0 spiro atoms. The highest BCUT2D eigenvalue weighted by molar-refractivity contribution is 7.91. The molecule has 4 atom stereocenters. The third kappa shape index (κ3) is 4.18. The normalized spacial score (nSPS) is 21.7. The highest BCUT2D eigenvalue weighted by Crippen LogP contribution is 2.36. The zero-order valence-corrected chi connectivity index (χ0v) is 19.7. The summed E-state index contributed by atoms with van der Waals surface area (Å²) in [4.78, 5) is 27.9. The number of hydrogen-bond acceptors (Lipinski definition) is 4. The van der Waals surface area contributed by atoms with Crippen LogP contribution in [0.5, 0.6) is 0 Å². The minimum atomic E-state index is -3.52. The lowest BCUT2D eigenvalue weighted by molar-refractivity contribution is -0.125. The van der Waals surface area contributed by atoms with Crippen molar-refractivity contribution in [3.63, 3.8) is 0 Å². The molecule has 0 aromatic heterocycles. The summed E-state index contributed by atoms with van der Waals surface area (Å²) in [5, 5.41) is 2.68. The molecule has 0 saturated carbocycles. The second-order valence-corrected chi connectivity index (χ2v) is 10.9. The van der Waals surface area contributed by atoms with Gasteiger partial charge < -0.3 is 10.2 Å². The Kier molecular flexibility index (Phi) is 6.21. The minimum absolute atomic E-state index is 0.00372. The number of benzene rings is 2. The van der Waals surface area contributed by atoms with E-state index in [0.29, 0.717) is 6.42 Å². The van der Waals surface area contributed by atoms with Gasteiger partial charge in [-0.1, -0.05) is 24.8 Å². The molecule has 1 N–H and O–H groups in total. The largest absolute Gasteiger partial charge is 0.348 e. The minimum Gasteiger partial charge on any atom is -0.348 e. The zero-order chi connectivity index (χ0) is 24.8. The third-order valence-electron chi connectivity index (χ3n) is 6.37. The number of rotatable bonds is 6. The second-order valence-electron chi connectivity index (χ2n) is 8.59. The number of fused-ring (bicyclic) bond motifs is 1. The number of likely N-dealkylation sites (tertiary alicyclic amines) is 1. The lowest BCUT2D eigenvalue weighted by Gasteiger charge is -2.30. The van der Waals surface area contributed by atoms with Gasteiger partial charge in [0.15, 0.2) is 9.84 Å². The Morgan fingerprint density at radius 3 is 2.56 bits per heavy atom. The maximum atomic E-state index is 14.4. The molecule has 2 aliphatic rings. The van der Waals surface area contributed by atoms with Gasteiger partial charge in [0, 0.05) is 11.1 Å². The standard InChI is InChI=1S/C25H24F2N2O4S/c1-4-34(32,33)18-7-5-6-17(11-18)25(31)29-22-9-8-16(22)12-23(29)24(30)28-15(3)19-13-20(26)14(2)10-21(19)27/h5-7,10-11,13,15-16,22-23H,4,12H2,1-3H3,(H,28,30)/t15-,16-,22-,23-/m1/s1. The summed E-state index contributed by atoms with van der Waals surface area (Å²) in [6.07, 6.45) is 0.305. The SMILES string of the molecule is CCS(=O)(=O)c1cccc(C(=O)N2[C@@H](C(=O)N[C@H](C)c3cc(F)c(C)cc3F)C[C@H]3C#C[C@H]32)c1. The van der Waals surface area contributed by atoms with Crippen LogP contribution in [-0.4, -0.2) is 43.0 Å². The number of halogens is 2. The van der Waals surface area contributed by atoms with Gasteiger partial charge in [0.1, 0.15) is 23.7 Å². The maximum Gasteiger partial charge on any atom is 0.255 e. The number of nitrogens with one attached hydrogen (secondary N) is 1. The smallest absolute Gasteiger partial charge is 0.255 e. The number of aryl methyl sites for hydroxylation is 1. The molecule has 178 valence electrons. The van der Waals surface area contributed by atoms with E-state index in [-0.39, 0.29) is 33.3 Å². The first-order valence-corrected chi connectivity index (χ1v) is 12.6. The molecule has 1 heterocycles. The van der Waals surface area contributed by atoms with Crippen molar-refractivity contribution >= 4 is 21.7 Å². The van der Waals surface area contributed by atoms with Gasteiger partial charge in [-0.15, -0.1) is 0 Å². The van der Waals surface area contributed by atoms with E-state index in [4.69, 9.17) is 0 Å². The van der Waals surface area contributed by atoms with Gasteiger partial charge in [-0.05, 0) is 56.2 Å². The van der Waals surface area contributed by atoms with Crippen LogP contribution in [0.4, 0.5) is 8.78 Å². The summed E-state index contributed by atoms with van der Waals surface area (Å²) in [6, 6.07) is 5.66. The number of nitrogens with zero attached hydrogens (tertiary/aromatic N) is 1. The van der Waals surface area contributed by atoms with Crippen LogP contribution in [0.25, 0.3) is 0 Å². The summed E-state index contributed by atoms with van der Waals surface area (Å²) in [5.74, 6) is 3.34.